The Kier molecular flexibility index (Phi) is 4.71. The number of nitrogens with zero attached hydrogens (tertiary/aromatic N) is 5. The van der Waals surface area contributed by atoms with Crippen molar-refractivity contribution in [1.29, 1.82) is 0 Å². The van der Waals surface area contributed by atoms with Crippen molar-refractivity contribution in [3.63, 3.8) is 0 Å². The first-order valence-corrected chi connectivity index (χ1v) is 10.1. The third kappa shape index (κ3) is 3.32. The summed E-state index contributed by atoms with van der Waals surface area (Å²) in [5, 5.41) is 4.80. The second-order valence-electron chi connectivity index (χ2n) is 7.46. The standard InChI is InChI=1S/C23H21FN6/c24-19-7-3-1-5-16(19)14-30-20-8-4-2-6-17(20)21(29-30)23-27-13-18(22(25)28-23)15-9-11-26-12-10-15/h1,3,5,7,9-13H,2,4,6,8,14H2,(H2,25,27,28). The lowest BCUT2D eigenvalue weighted by Crippen LogP contribution is -2.11. The van der Waals surface area contributed by atoms with Crippen molar-refractivity contribution in [3.8, 4) is 22.6 Å². The first kappa shape index (κ1) is 18.4. The van der Waals surface area contributed by atoms with Crippen LogP contribution in [0.25, 0.3) is 22.6 Å². The van der Waals surface area contributed by atoms with Gasteiger partial charge in [-0.05, 0) is 49.4 Å². The number of hydrogen-bond acceptors (Lipinski definition) is 5. The topological polar surface area (TPSA) is 82.5 Å². The Labute approximate surface area is 173 Å². The van der Waals surface area contributed by atoms with Crippen LogP contribution in [0.15, 0.2) is 55.0 Å². The zero-order chi connectivity index (χ0) is 20.5. The van der Waals surface area contributed by atoms with Crippen LogP contribution in [-0.2, 0) is 19.4 Å². The van der Waals surface area contributed by atoms with Gasteiger partial charge in [0.25, 0.3) is 0 Å². The van der Waals surface area contributed by atoms with Gasteiger partial charge in [0.15, 0.2) is 5.82 Å². The second-order valence-corrected chi connectivity index (χ2v) is 7.46. The third-order valence-corrected chi connectivity index (χ3v) is 5.56. The number of benzene rings is 1. The molecule has 150 valence electrons. The van der Waals surface area contributed by atoms with Crippen molar-refractivity contribution in [2.45, 2.75) is 32.2 Å². The minimum absolute atomic E-state index is 0.221. The number of rotatable bonds is 4. The minimum Gasteiger partial charge on any atom is -0.383 e. The van der Waals surface area contributed by atoms with Gasteiger partial charge in [0.2, 0.25) is 0 Å². The molecule has 5 rings (SSSR count). The van der Waals surface area contributed by atoms with E-state index < -0.39 is 0 Å². The van der Waals surface area contributed by atoms with E-state index in [9.17, 15) is 4.39 Å². The van der Waals surface area contributed by atoms with E-state index in [-0.39, 0.29) is 5.82 Å². The summed E-state index contributed by atoms with van der Waals surface area (Å²) in [6.45, 7) is 0.388. The van der Waals surface area contributed by atoms with Crippen molar-refractivity contribution in [1.82, 2.24) is 24.7 Å². The molecule has 0 saturated heterocycles. The van der Waals surface area contributed by atoms with E-state index in [1.807, 2.05) is 22.9 Å². The molecule has 1 aromatic carbocycles. The summed E-state index contributed by atoms with van der Waals surface area (Å²) in [4.78, 5) is 13.2. The molecule has 0 fully saturated rings. The average Bonchev–Trinajstić information content (AvgIpc) is 3.14. The van der Waals surface area contributed by atoms with Crippen LogP contribution in [-0.4, -0.2) is 24.7 Å². The molecule has 2 N–H and O–H groups in total. The van der Waals surface area contributed by atoms with Gasteiger partial charge in [0.1, 0.15) is 17.3 Å². The van der Waals surface area contributed by atoms with Crippen LogP contribution in [0, 0.1) is 5.82 Å². The lowest BCUT2D eigenvalue weighted by Gasteiger charge is -2.14. The number of halogens is 1. The highest BCUT2D eigenvalue weighted by Gasteiger charge is 2.24. The first-order valence-electron chi connectivity index (χ1n) is 10.1. The van der Waals surface area contributed by atoms with Gasteiger partial charge in [-0.25, -0.2) is 14.4 Å². The lowest BCUT2D eigenvalue weighted by atomic mass is 9.95. The maximum atomic E-state index is 14.2. The Balaban J connectivity index is 1.56. The number of nitrogens with two attached hydrogens (primary N) is 1. The molecule has 0 radical (unpaired) electrons. The fourth-order valence-corrected chi connectivity index (χ4v) is 4.03. The Morgan fingerprint density at radius 2 is 1.83 bits per heavy atom. The van der Waals surface area contributed by atoms with E-state index in [0.29, 0.717) is 23.8 Å². The molecule has 30 heavy (non-hydrogen) atoms. The van der Waals surface area contributed by atoms with Crippen LogP contribution in [0.3, 0.4) is 0 Å². The van der Waals surface area contributed by atoms with Gasteiger partial charge in [-0.3, -0.25) is 9.67 Å². The molecule has 6 nitrogen and oxygen atoms in total. The summed E-state index contributed by atoms with van der Waals surface area (Å²) in [6, 6.07) is 10.6. The van der Waals surface area contributed by atoms with Gasteiger partial charge in [-0.1, -0.05) is 18.2 Å². The van der Waals surface area contributed by atoms with Gasteiger partial charge >= 0.3 is 0 Å². The highest BCUT2D eigenvalue weighted by molar-refractivity contribution is 5.74. The molecular formula is C23H21FN6. The molecule has 1 aliphatic carbocycles. The predicted octanol–water partition coefficient (Wildman–Crippen LogP) is 4.05. The van der Waals surface area contributed by atoms with Crippen molar-refractivity contribution in [3.05, 3.63) is 77.6 Å². The first-order chi connectivity index (χ1) is 14.7. The SMILES string of the molecule is Nc1nc(-c2nn(Cc3ccccc3F)c3c2CCCC3)ncc1-c1ccncc1. The van der Waals surface area contributed by atoms with E-state index >= 15 is 0 Å². The van der Waals surface area contributed by atoms with Crippen molar-refractivity contribution in [2.75, 3.05) is 5.73 Å². The maximum absolute atomic E-state index is 14.2. The monoisotopic (exact) mass is 400 g/mol. The van der Waals surface area contributed by atoms with Gasteiger partial charge in [-0.2, -0.15) is 5.10 Å². The minimum atomic E-state index is -0.221. The van der Waals surface area contributed by atoms with E-state index in [1.54, 1.807) is 30.7 Å². The molecule has 0 spiro atoms. The summed E-state index contributed by atoms with van der Waals surface area (Å²) in [5.41, 5.74) is 11.6. The largest absolute Gasteiger partial charge is 0.383 e. The number of anilines is 1. The second kappa shape index (κ2) is 7.67. The van der Waals surface area contributed by atoms with Crippen LogP contribution in [0.5, 0.6) is 0 Å². The molecule has 0 atom stereocenters. The molecule has 0 unspecified atom stereocenters. The van der Waals surface area contributed by atoms with Crippen molar-refractivity contribution in [2.24, 2.45) is 0 Å². The van der Waals surface area contributed by atoms with E-state index in [1.165, 1.54) is 6.07 Å². The molecule has 3 heterocycles. The molecule has 3 aromatic heterocycles. The van der Waals surface area contributed by atoms with E-state index in [0.717, 1.165) is 53.8 Å². The third-order valence-electron chi connectivity index (χ3n) is 5.56. The zero-order valence-electron chi connectivity index (χ0n) is 16.4. The summed E-state index contributed by atoms with van der Waals surface area (Å²) in [7, 11) is 0. The van der Waals surface area contributed by atoms with Gasteiger partial charge < -0.3 is 5.73 Å². The van der Waals surface area contributed by atoms with Gasteiger partial charge in [-0.15, -0.1) is 0 Å². The smallest absolute Gasteiger partial charge is 0.182 e. The van der Waals surface area contributed by atoms with E-state index in [2.05, 4.69) is 15.0 Å². The van der Waals surface area contributed by atoms with Crippen molar-refractivity contribution >= 4 is 5.82 Å². The number of fused-ring (bicyclic) bond motifs is 1. The maximum Gasteiger partial charge on any atom is 0.182 e. The van der Waals surface area contributed by atoms with Crippen LogP contribution >= 0.6 is 0 Å². The van der Waals surface area contributed by atoms with Crippen LogP contribution in [0.1, 0.15) is 29.7 Å². The Morgan fingerprint density at radius 1 is 1.03 bits per heavy atom. The fourth-order valence-electron chi connectivity index (χ4n) is 4.03. The predicted molar refractivity (Wildman–Crippen MR) is 113 cm³/mol. The highest BCUT2D eigenvalue weighted by atomic mass is 19.1. The molecule has 0 saturated carbocycles. The summed E-state index contributed by atoms with van der Waals surface area (Å²) in [5.74, 6) is 0.691. The zero-order valence-corrected chi connectivity index (χ0v) is 16.4. The molecule has 1 aliphatic rings. The van der Waals surface area contributed by atoms with Gasteiger partial charge in [0, 0.05) is 41.0 Å². The number of aromatic nitrogens is 5. The number of nitrogen functional groups attached to an aromatic ring is 1. The van der Waals surface area contributed by atoms with Crippen LogP contribution < -0.4 is 5.73 Å². The quantitative estimate of drug-likeness (QED) is 0.559. The fraction of sp³-hybridized carbons (Fsp3) is 0.217. The van der Waals surface area contributed by atoms with Gasteiger partial charge in [0.05, 0.1) is 6.54 Å². The molecule has 0 aliphatic heterocycles. The highest BCUT2D eigenvalue weighted by Crippen LogP contribution is 2.32. The Hall–Kier alpha value is -3.61. The van der Waals surface area contributed by atoms with Crippen LogP contribution in [0.2, 0.25) is 0 Å². The summed E-state index contributed by atoms with van der Waals surface area (Å²) < 4.78 is 16.1. The van der Waals surface area contributed by atoms with Crippen LogP contribution in [0.4, 0.5) is 10.2 Å². The Bertz CT molecular complexity index is 1200. The molecule has 4 aromatic rings. The summed E-state index contributed by atoms with van der Waals surface area (Å²) >= 11 is 0. The number of pyridine rings is 1. The molecule has 7 heteroatoms. The number of hydrogen-bond donors (Lipinski definition) is 1. The molecular weight excluding hydrogens is 379 g/mol. The van der Waals surface area contributed by atoms with E-state index in [4.69, 9.17) is 10.8 Å². The average molecular weight is 400 g/mol. The molecule has 0 amide bonds. The lowest BCUT2D eigenvalue weighted by molar-refractivity contribution is 0.561. The van der Waals surface area contributed by atoms with Crippen molar-refractivity contribution < 1.29 is 4.39 Å². The molecule has 0 bridgehead atoms. The Morgan fingerprint density at radius 3 is 2.63 bits per heavy atom. The normalized spacial score (nSPS) is 13.2. The summed E-state index contributed by atoms with van der Waals surface area (Å²) in [6.07, 6.45) is 9.18.